The van der Waals surface area contributed by atoms with E-state index in [4.69, 9.17) is 0 Å². The fourth-order valence-corrected chi connectivity index (χ4v) is 2.06. The van der Waals surface area contributed by atoms with Gasteiger partial charge in [0.05, 0.1) is 0 Å². The van der Waals surface area contributed by atoms with E-state index in [0.717, 1.165) is 32.6 Å². The second kappa shape index (κ2) is 5.82. The van der Waals surface area contributed by atoms with Gasteiger partial charge in [0.1, 0.15) is 0 Å². The molecule has 1 saturated heterocycles. The van der Waals surface area contributed by atoms with E-state index in [9.17, 15) is 0 Å². The third-order valence-corrected chi connectivity index (χ3v) is 3.09. The number of likely N-dealkylation sites (N-methyl/N-ethyl adjacent to an activating group) is 1. The Hall–Kier alpha value is -1.35. The molecule has 0 saturated carbocycles. The molecule has 0 bridgehead atoms. The molecular weight excluding hydrogens is 210 g/mol. The fourth-order valence-electron chi connectivity index (χ4n) is 2.06. The Morgan fingerprint density at radius 3 is 2.41 bits per heavy atom. The highest BCUT2D eigenvalue weighted by molar-refractivity contribution is 5.83. The number of hydrogen-bond acceptors (Lipinski definition) is 3. The summed E-state index contributed by atoms with van der Waals surface area (Å²) in [6, 6.07) is 10.5. The van der Waals surface area contributed by atoms with Crippen LogP contribution in [0.3, 0.4) is 0 Å². The molecule has 1 aromatic carbocycles. The predicted octanol–water partition coefficient (Wildman–Crippen LogP) is 1.85. The van der Waals surface area contributed by atoms with Crippen molar-refractivity contribution in [1.82, 2.24) is 9.91 Å². The molecule has 3 heteroatoms. The van der Waals surface area contributed by atoms with Crippen LogP contribution in [0, 0.1) is 0 Å². The lowest BCUT2D eigenvalue weighted by molar-refractivity contribution is 0.158. The van der Waals surface area contributed by atoms with Crippen molar-refractivity contribution in [2.45, 2.75) is 13.3 Å². The lowest BCUT2D eigenvalue weighted by Gasteiger charge is -2.30. The Balaban J connectivity index is 1.89. The van der Waals surface area contributed by atoms with Gasteiger partial charge >= 0.3 is 0 Å². The largest absolute Gasteiger partial charge is 0.303 e. The summed E-state index contributed by atoms with van der Waals surface area (Å²) in [7, 11) is 2.16. The highest BCUT2D eigenvalue weighted by Gasteiger charge is 2.11. The zero-order chi connectivity index (χ0) is 12.1. The molecule has 1 heterocycles. The standard InChI is InChI=1S/C14H21N3/c1-13(12-14-6-4-3-5-7-14)15-17-10-8-16(2)9-11-17/h3-7H,8-12H2,1-2H3/b15-13+. The molecule has 0 unspecified atom stereocenters. The van der Waals surface area contributed by atoms with Crippen LogP contribution < -0.4 is 0 Å². The van der Waals surface area contributed by atoms with Gasteiger partial charge in [-0.3, -0.25) is 5.01 Å². The zero-order valence-electron chi connectivity index (χ0n) is 10.8. The van der Waals surface area contributed by atoms with E-state index in [-0.39, 0.29) is 0 Å². The number of benzene rings is 1. The molecule has 1 aliphatic rings. The molecule has 0 aliphatic carbocycles. The van der Waals surface area contributed by atoms with Gasteiger partial charge in [-0.15, -0.1) is 0 Å². The molecule has 0 N–H and O–H groups in total. The molecule has 0 radical (unpaired) electrons. The fraction of sp³-hybridized carbons (Fsp3) is 0.500. The van der Waals surface area contributed by atoms with E-state index in [2.05, 4.69) is 59.3 Å². The lowest BCUT2D eigenvalue weighted by Crippen LogP contribution is -2.42. The molecule has 3 nitrogen and oxygen atoms in total. The Morgan fingerprint density at radius 2 is 1.76 bits per heavy atom. The van der Waals surface area contributed by atoms with Crippen LogP contribution in [0.25, 0.3) is 0 Å². The molecule has 0 atom stereocenters. The molecule has 0 spiro atoms. The molecule has 0 amide bonds. The van der Waals surface area contributed by atoms with Crippen molar-refractivity contribution in [3.63, 3.8) is 0 Å². The SMILES string of the molecule is C/C(Cc1ccccc1)=N\N1CCN(C)CC1. The first-order valence-corrected chi connectivity index (χ1v) is 6.25. The first-order valence-electron chi connectivity index (χ1n) is 6.25. The van der Waals surface area contributed by atoms with Crippen LogP contribution in [0.15, 0.2) is 35.4 Å². The van der Waals surface area contributed by atoms with Crippen LogP contribution in [0.5, 0.6) is 0 Å². The number of rotatable bonds is 3. The maximum absolute atomic E-state index is 4.69. The van der Waals surface area contributed by atoms with E-state index in [1.807, 2.05) is 0 Å². The van der Waals surface area contributed by atoms with Crippen molar-refractivity contribution < 1.29 is 0 Å². The Morgan fingerprint density at radius 1 is 1.12 bits per heavy atom. The lowest BCUT2D eigenvalue weighted by atomic mass is 10.1. The monoisotopic (exact) mass is 231 g/mol. The molecular formula is C14H21N3. The van der Waals surface area contributed by atoms with Crippen molar-refractivity contribution in [2.24, 2.45) is 5.10 Å². The summed E-state index contributed by atoms with van der Waals surface area (Å²) in [5, 5.41) is 6.88. The number of piperazine rings is 1. The minimum atomic E-state index is 0.952. The van der Waals surface area contributed by atoms with E-state index in [1.165, 1.54) is 11.3 Å². The van der Waals surface area contributed by atoms with Gasteiger partial charge in [-0.05, 0) is 19.5 Å². The van der Waals surface area contributed by atoms with Crippen LogP contribution in [0.1, 0.15) is 12.5 Å². The highest BCUT2D eigenvalue weighted by atomic mass is 15.5. The van der Waals surface area contributed by atoms with Crippen LogP contribution in [-0.4, -0.2) is 48.8 Å². The van der Waals surface area contributed by atoms with E-state index in [1.54, 1.807) is 0 Å². The predicted molar refractivity (Wildman–Crippen MR) is 72.3 cm³/mol. The molecule has 17 heavy (non-hydrogen) atoms. The average molecular weight is 231 g/mol. The van der Waals surface area contributed by atoms with E-state index in [0.29, 0.717) is 0 Å². The smallest absolute Gasteiger partial charge is 0.0488 e. The van der Waals surface area contributed by atoms with Crippen molar-refractivity contribution in [2.75, 3.05) is 33.2 Å². The third kappa shape index (κ3) is 3.86. The van der Waals surface area contributed by atoms with E-state index < -0.39 is 0 Å². The van der Waals surface area contributed by atoms with Crippen molar-refractivity contribution in [3.05, 3.63) is 35.9 Å². The summed E-state index contributed by atoms with van der Waals surface area (Å²) >= 11 is 0. The van der Waals surface area contributed by atoms with Gasteiger partial charge in [0.2, 0.25) is 0 Å². The third-order valence-electron chi connectivity index (χ3n) is 3.09. The van der Waals surface area contributed by atoms with Crippen molar-refractivity contribution in [1.29, 1.82) is 0 Å². The molecule has 1 fully saturated rings. The van der Waals surface area contributed by atoms with Gasteiger partial charge in [-0.25, -0.2) is 0 Å². The van der Waals surface area contributed by atoms with Crippen LogP contribution >= 0.6 is 0 Å². The van der Waals surface area contributed by atoms with Gasteiger partial charge in [-0.1, -0.05) is 30.3 Å². The minimum absolute atomic E-state index is 0.952. The van der Waals surface area contributed by atoms with Crippen LogP contribution in [-0.2, 0) is 6.42 Å². The molecule has 0 aromatic heterocycles. The van der Waals surface area contributed by atoms with Gasteiger partial charge in [0.15, 0.2) is 0 Å². The topological polar surface area (TPSA) is 18.8 Å². The Kier molecular flexibility index (Phi) is 4.15. The normalized spacial score (nSPS) is 18.5. The summed E-state index contributed by atoms with van der Waals surface area (Å²) < 4.78 is 0. The quantitative estimate of drug-likeness (QED) is 0.739. The number of nitrogens with zero attached hydrogens (tertiary/aromatic N) is 3. The minimum Gasteiger partial charge on any atom is -0.303 e. The van der Waals surface area contributed by atoms with Crippen LogP contribution in [0.4, 0.5) is 0 Å². The van der Waals surface area contributed by atoms with Gasteiger partial charge in [0.25, 0.3) is 0 Å². The molecule has 1 aromatic rings. The first kappa shape index (κ1) is 12.1. The van der Waals surface area contributed by atoms with Gasteiger partial charge < -0.3 is 4.90 Å². The summed E-state index contributed by atoms with van der Waals surface area (Å²) in [5.41, 5.74) is 2.53. The Labute approximate surface area is 104 Å². The van der Waals surface area contributed by atoms with Crippen molar-refractivity contribution >= 4 is 5.71 Å². The number of hydrogen-bond donors (Lipinski definition) is 0. The summed E-state index contributed by atoms with van der Waals surface area (Å²) in [5.74, 6) is 0. The highest BCUT2D eigenvalue weighted by Crippen LogP contribution is 2.04. The maximum atomic E-state index is 4.69. The average Bonchev–Trinajstić information content (AvgIpc) is 2.33. The zero-order valence-corrected chi connectivity index (χ0v) is 10.8. The van der Waals surface area contributed by atoms with E-state index >= 15 is 0 Å². The second-order valence-corrected chi connectivity index (χ2v) is 4.75. The molecule has 92 valence electrons. The summed E-state index contributed by atoms with van der Waals surface area (Å²) in [6.07, 6.45) is 0.952. The number of hydrazone groups is 1. The maximum Gasteiger partial charge on any atom is 0.0488 e. The van der Waals surface area contributed by atoms with Crippen molar-refractivity contribution in [3.8, 4) is 0 Å². The molecule has 1 aliphatic heterocycles. The van der Waals surface area contributed by atoms with Gasteiger partial charge in [0, 0.05) is 38.3 Å². The first-order chi connectivity index (χ1) is 8.24. The van der Waals surface area contributed by atoms with Gasteiger partial charge in [-0.2, -0.15) is 5.10 Å². The second-order valence-electron chi connectivity index (χ2n) is 4.75. The molecule has 2 rings (SSSR count). The summed E-state index contributed by atoms with van der Waals surface area (Å²) in [4.78, 5) is 2.35. The summed E-state index contributed by atoms with van der Waals surface area (Å²) in [6.45, 7) is 6.43. The Bertz CT molecular complexity index is 364. The van der Waals surface area contributed by atoms with Crippen LogP contribution in [0.2, 0.25) is 0 Å².